The molecule has 0 aliphatic carbocycles. The van der Waals surface area contributed by atoms with Gasteiger partial charge in [0, 0.05) is 13.7 Å². The second-order valence-corrected chi connectivity index (χ2v) is 7.85. The van der Waals surface area contributed by atoms with Crippen LogP contribution in [0.3, 0.4) is 0 Å². The molecule has 0 spiro atoms. The molecule has 150 valence electrons. The van der Waals surface area contributed by atoms with Crippen molar-refractivity contribution in [3.63, 3.8) is 0 Å². The summed E-state index contributed by atoms with van der Waals surface area (Å²) in [6.07, 6.45) is 1.03. The first-order chi connectivity index (χ1) is 13.3. The van der Waals surface area contributed by atoms with Crippen LogP contribution in [0.25, 0.3) is 0 Å². The molecule has 0 atom stereocenters. The normalized spacial score (nSPS) is 10.9. The van der Waals surface area contributed by atoms with Crippen LogP contribution in [0.4, 0.5) is 11.4 Å². The topological polar surface area (TPSA) is 105 Å². The number of methoxy groups -OCH3 is 1. The fourth-order valence-corrected chi connectivity index (χ4v) is 3.32. The molecule has 2 rings (SSSR count). The molecule has 8 nitrogen and oxygen atoms in total. The molecule has 0 bridgehead atoms. The zero-order valence-corrected chi connectivity index (χ0v) is 16.5. The van der Waals surface area contributed by atoms with Crippen molar-refractivity contribution in [1.82, 2.24) is 5.32 Å². The molecule has 0 aliphatic heterocycles. The second-order valence-electron chi connectivity index (χ2n) is 5.95. The van der Waals surface area contributed by atoms with Crippen LogP contribution in [0, 0.1) is 0 Å². The fraction of sp³-hybridized carbons (Fsp3) is 0.263. The SMILES string of the molecule is COCCNC(=O)c1ccccc1NC(=O)CN(c1ccccc1)S(C)(=O)=O. The number of sulfonamides is 1. The largest absolute Gasteiger partial charge is 0.383 e. The summed E-state index contributed by atoms with van der Waals surface area (Å²) in [5.41, 5.74) is 0.951. The predicted octanol–water partition coefficient (Wildman–Crippen LogP) is 1.47. The molecule has 2 aromatic rings. The third kappa shape index (κ3) is 6.07. The highest BCUT2D eigenvalue weighted by atomic mass is 32.2. The molecule has 0 radical (unpaired) electrons. The summed E-state index contributed by atoms with van der Waals surface area (Å²) in [5, 5.41) is 5.30. The molecule has 28 heavy (non-hydrogen) atoms. The number of nitrogens with one attached hydrogen (secondary N) is 2. The molecule has 9 heteroatoms. The third-order valence-corrected chi connectivity index (χ3v) is 4.91. The monoisotopic (exact) mass is 405 g/mol. The Morgan fingerprint density at radius 2 is 1.68 bits per heavy atom. The van der Waals surface area contributed by atoms with Gasteiger partial charge in [0.1, 0.15) is 6.54 Å². The van der Waals surface area contributed by atoms with Gasteiger partial charge in [0.25, 0.3) is 5.91 Å². The quantitative estimate of drug-likeness (QED) is 0.615. The highest BCUT2D eigenvalue weighted by Crippen LogP contribution is 2.18. The maximum Gasteiger partial charge on any atom is 0.253 e. The fourth-order valence-electron chi connectivity index (χ4n) is 2.47. The van der Waals surface area contributed by atoms with E-state index < -0.39 is 22.5 Å². The summed E-state index contributed by atoms with van der Waals surface area (Å²) in [4.78, 5) is 24.8. The van der Waals surface area contributed by atoms with Gasteiger partial charge in [-0.05, 0) is 24.3 Å². The number of para-hydroxylation sites is 2. The molecule has 0 fully saturated rings. The number of carbonyl (C=O) groups excluding carboxylic acids is 2. The Labute approximate surface area is 164 Å². The maximum absolute atomic E-state index is 12.5. The van der Waals surface area contributed by atoms with E-state index in [-0.39, 0.29) is 11.5 Å². The zero-order chi connectivity index (χ0) is 20.6. The van der Waals surface area contributed by atoms with Crippen molar-refractivity contribution in [2.75, 3.05) is 42.7 Å². The third-order valence-electron chi connectivity index (χ3n) is 3.77. The first-order valence-electron chi connectivity index (χ1n) is 8.51. The van der Waals surface area contributed by atoms with E-state index in [9.17, 15) is 18.0 Å². The van der Waals surface area contributed by atoms with Crippen molar-refractivity contribution >= 4 is 33.2 Å². The number of carbonyl (C=O) groups is 2. The minimum atomic E-state index is -3.67. The van der Waals surface area contributed by atoms with E-state index in [0.29, 0.717) is 24.5 Å². The van der Waals surface area contributed by atoms with E-state index in [4.69, 9.17) is 4.74 Å². The molecular weight excluding hydrogens is 382 g/mol. The van der Waals surface area contributed by atoms with Crippen molar-refractivity contribution in [2.24, 2.45) is 0 Å². The molecule has 0 aliphatic rings. The highest BCUT2D eigenvalue weighted by molar-refractivity contribution is 7.92. The van der Waals surface area contributed by atoms with Gasteiger partial charge in [0.05, 0.1) is 29.8 Å². The predicted molar refractivity (Wildman–Crippen MR) is 108 cm³/mol. The number of rotatable bonds is 9. The van der Waals surface area contributed by atoms with Gasteiger partial charge in [-0.25, -0.2) is 8.42 Å². The van der Waals surface area contributed by atoms with Gasteiger partial charge in [0.2, 0.25) is 15.9 Å². The van der Waals surface area contributed by atoms with E-state index in [1.165, 1.54) is 7.11 Å². The van der Waals surface area contributed by atoms with Gasteiger partial charge in [-0.2, -0.15) is 0 Å². The van der Waals surface area contributed by atoms with E-state index in [1.807, 2.05) is 0 Å². The summed E-state index contributed by atoms with van der Waals surface area (Å²) < 4.78 is 30.1. The van der Waals surface area contributed by atoms with Crippen molar-refractivity contribution in [2.45, 2.75) is 0 Å². The molecule has 0 unspecified atom stereocenters. The van der Waals surface area contributed by atoms with Crippen LogP contribution in [0.1, 0.15) is 10.4 Å². The number of hydrogen-bond donors (Lipinski definition) is 2. The summed E-state index contributed by atoms with van der Waals surface area (Å²) in [6, 6.07) is 14.8. The van der Waals surface area contributed by atoms with E-state index in [1.54, 1.807) is 54.6 Å². The number of amides is 2. The van der Waals surface area contributed by atoms with Crippen molar-refractivity contribution in [1.29, 1.82) is 0 Å². The van der Waals surface area contributed by atoms with Crippen molar-refractivity contribution < 1.29 is 22.7 Å². The van der Waals surface area contributed by atoms with Crippen LogP contribution < -0.4 is 14.9 Å². The molecular formula is C19H23N3O5S. The smallest absolute Gasteiger partial charge is 0.253 e. The number of hydrogen-bond acceptors (Lipinski definition) is 5. The lowest BCUT2D eigenvalue weighted by Crippen LogP contribution is -2.37. The van der Waals surface area contributed by atoms with Gasteiger partial charge >= 0.3 is 0 Å². The summed E-state index contributed by atoms with van der Waals surface area (Å²) in [5.74, 6) is -0.928. The first-order valence-corrected chi connectivity index (χ1v) is 10.4. The molecule has 0 heterocycles. The Balaban J connectivity index is 2.15. The van der Waals surface area contributed by atoms with Crippen LogP contribution >= 0.6 is 0 Å². The van der Waals surface area contributed by atoms with Crippen molar-refractivity contribution in [3.8, 4) is 0 Å². The molecule has 0 saturated heterocycles. The summed E-state index contributed by atoms with van der Waals surface area (Å²) in [6.45, 7) is 0.274. The maximum atomic E-state index is 12.5. The summed E-state index contributed by atoms with van der Waals surface area (Å²) in [7, 11) is -2.14. The van der Waals surface area contributed by atoms with Crippen LogP contribution in [0.5, 0.6) is 0 Å². The van der Waals surface area contributed by atoms with Gasteiger partial charge in [-0.1, -0.05) is 30.3 Å². The van der Waals surface area contributed by atoms with Crippen molar-refractivity contribution in [3.05, 3.63) is 60.2 Å². The Morgan fingerprint density at radius 1 is 1.04 bits per heavy atom. The first kappa shape index (κ1) is 21.4. The van der Waals surface area contributed by atoms with Gasteiger partial charge < -0.3 is 15.4 Å². The Bertz CT molecular complexity index is 916. The second kappa shape index (κ2) is 9.86. The molecule has 2 N–H and O–H groups in total. The molecule has 0 saturated carbocycles. The van der Waals surface area contributed by atoms with E-state index in [2.05, 4.69) is 10.6 Å². The van der Waals surface area contributed by atoms with Crippen LogP contribution in [-0.2, 0) is 19.6 Å². The minimum absolute atomic E-state index is 0.276. The lowest BCUT2D eigenvalue weighted by Gasteiger charge is -2.22. The Kier molecular flexibility index (Phi) is 7.53. The van der Waals surface area contributed by atoms with Crippen LogP contribution in [-0.4, -0.2) is 53.3 Å². The Hall–Kier alpha value is -2.91. The minimum Gasteiger partial charge on any atom is -0.383 e. The van der Waals surface area contributed by atoms with E-state index >= 15 is 0 Å². The van der Waals surface area contributed by atoms with Crippen LogP contribution in [0.15, 0.2) is 54.6 Å². The number of nitrogens with zero attached hydrogens (tertiary/aromatic N) is 1. The van der Waals surface area contributed by atoms with Crippen LogP contribution in [0.2, 0.25) is 0 Å². The lowest BCUT2D eigenvalue weighted by molar-refractivity contribution is -0.114. The van der Waals surface area contributed by atoms with E-state index in [0.717, 1.165) is 10.6 Å². The highest BCUT2D eigenvalue weighted by Gasteiger charge is 2.21. The zero-order valence-electron chi connectivity index (χ0n) is 15.7. The average molecular weight is 405 g/mol. The number of benzene rings is 2. The van der Waals surface area contributed by atoms with Gasteiger partial charge in [-0.15, -0.1) is 0 Å². The molecule has 0 aromatic heterocycles. The lowest BCUT2D eigenvalue weighted by atomic mass is 10.1. The molecule has 2 amide bonds. The standard InChI is InChI=1S/C19H23N3O5S/c1-27-13-12-20-19(24)16-10-6-7-11-17(16)21-18(23)14-22(28(2,25)26)15-8-4-3-5-9-15/h3-11H,12-14H2,1-2H3,(H,20,24)(H,21,23). The Morgan fingerprint density at radius 3 is 2.32 bits per heavy atom. The van der Waals surface area contributed by atoms with Gasteiger partial charge in [0.15, 0.2) is 0 Å². The number of anilines is 2. The summed E-state index contributed by atoms with van der Waals surface area (Å²) >= 11 is 0. The average Bonchev–Trinajstić information content (AvgIpc) is 2.66. The molecule has 2 aromatic carbocycles. The number of ether oxygens (including phenoxy) is 1. The van der Waals surface area contributed by atoms with Gasteiger partial charge in [-0.3, -0.25) is 13.9 Å².